The lowest BCUT2D eigenvalue weighted by atomic mass is 10.2. The summed E-state index contributed by atoms with van der Waals surface area (Å²) in [5.74, 6) is -1.19. The maximum absolute atomic E-state index is 13.0. The first-order valence-corrected chi connectivity index (χ1v) is 13.2. The summed E-state index contributed by atoms with van der Waals surface area (Å²) in [4.78, 5) is 36.5. The predicted octanol–water partition coefficient (Wildman–Crippen LogP) is 2.35. The summed E-state index contributed by atoms with van der Waals surface area (Å²) in [6.07, 6.45) is 2.07. The quantitative estimate of drug-likeness (QED) is 0.399. The topological polar surface area (TPSA) is 137 Å². The van der Waals surface area contributed by atoms with Crippen LogP contribution >= 0.6 is 11.8 Å². The van der Waals surface area contributed by atoms with Crippen molar-refractivity contribution in [3.8, 4) is 0 Å². The van der Waals surface area contributed by atoms with Gasteiger partial charge >= 0.3 is 11.7 Å². The van der Waals surface area contributed by atoms with E-state index in [1.165, 1.54) is 47.6 Å². The second kappa shape index (κ2) is 10.9. The van der Waals surface area contributed by atoms with E-state index >= 15 is 0 Å². The zero-order chi connectivity index (χ0) is 24.9. The van der Waals surface area contributed by atoms with E-state index < -0.39 is 33.7 Å². The molecule has 10 nitrogen and oxygen atoms in total. The lowest BCUT2D eigenvalue weighted by Gasteiger charge is -2.18. The van der Waals surface area contributed by atoms with E-state index in [0.29, 0.717) is 17.0 Å². The number of ether oxygens (including phenoxy) is 1. The van der Waals surface area contributed by atoms with Crippen LogP contribution in [0.1, 0.15) is 23.7 Å². The molecule has 1 aromatic heterocycles. The van der Waals surface area contributed by atoms with Crippen LogP contribution in [0.3, 0.4) is 0 Å². The fraction of sp³-hybridized carbons (Fsp3) is 0.318. The summed E-state index contributed by atoms with van der Waals surface area (Å²) in [7, 11) is -2.60. The van der Waals surface area contributed by atoms with Crippen LogP contribution in [0.4, 0.5) is 5.69 Å². The molecule has 1 amide bonds. The number of aryl methyl sites for hydroxylation is 1. The van der Waals surface area contributed by atoms with E-state index in [-0.39, 0.29) is 29.1 Å². The van der Waals surface area contributed by atoms with Crippen LogP contribution in [0, 0.1) is 0 Å². The highest BCUT2D eigenvalue weighted by molar-refractivity contribution is 7.98. The number of carbonyl (C=O) groups is 2. The van der Waals surface area contributed by atoms with Gasteiger partial charge in [0.2, 0.25) is 15.9 Å². The van der Waals surface area contributed by atoms with Gasteiger partial charge in [-0.05, 0) is 55.7 Å². The number of benzene rings is 2. The second-order valence-electron chi connectivity index (χ2n) is 7.30. The van der Waals surface area contributed by atoms with Gasteiger partial charge in [0.15, 0.2) is 5.58 Å². The average Bonchev–Trinajstić information content (AvgIpc) is 3.09. The number of carbonyl (C=O) groups excluding carboxylic acids is 2. The van der Waals surface area contributed by atoms with Gasteiger partial charge in [-0.15, -0.1) is 0 Å². The van der Waals surface area contributed by atoms with Gasteiger partial charge in [0.25, 0.3) is 0 Å². The zero-order valence-corrected chi connectivity index (χ0v) is 20.5. The normalized spacial score (nSPS) is 12.4. The van der Waals surface area contributed by atoms with Crippen molar-refractivity contribution in [2.75, 3.05) is 23.9 Å². The summed E-state index contributed by atoms with van der Waals surface area (Å²) in [5.41, 5.74) is 1.16. The molecular formula is C22H25N3O7S2. The number of hydrogen-bond donors (Lipinski definition) is 2. The van der Waals surface area contributed by atoms with Gasteiger partial charge in [0.1, 0.15) is 6.04 Å². The zero-order valence-electron chi connectivity index (χ0n) is 18.9. The summed E-state index contributed by atoms with van der Waals surface area (Å²) in [6.45, 7) is 1.90. The van der Waals surface area contributed by atoms with Crippen molar-refractivity contribution in [3.05, 3.63) is 58.6 Å². The molecule has 3 rings (SSSR count). The van der Waals surface area contributed by atoms with E-state index in [9.17, 15) is 22.8 Å². The average molecular weight is 508 g/mol. The minimum atomic E-state index is -4.12. The molecule has 12 heteroatoms. The number of esters is 1. The Morgan fingerprint density at radius 3 is 2.68 bits per heavy atom. The molecule has 34 heavy (non-hydrogen) atoms. The van der Waals surface area contributed by atoms with E-state index in [0.717, 1.165) is 0 Å². The number of fused-ring (bicyclic) bond motifs is 1. The number of oxazole rings is 1. The molecule has 182 valence electrons. The Bertz CT molecular complexity index is 1360. The van der Waals surface area contributed by atoms with Gasteiger partial charge in [-0.3, -0.25) is 9.36 Å². The molecule has 0 saturated heterocycles. The van der Waals surface area contributed by atoms with Crippen LogP contribution < -0.4 is 15.8 Å². The number of nitrogens with one attached hydrogen (secondary N) is 2. The van der Waals surface area contributed by atoms with Crippen LogP contribution in [0.5, 0.6) is 0 Å². The number of amides is 1. The first-order chi connectivity index (χ1) is 16.2. The molecule has 1 atom stereocenters. The van der Waals surface area contributed by atoms with Crippen LogP contribution in [0.2, 0.25) is 0 Å². The Balaban J connectivity index is 1.82. The summed E-state index contributed by atoms with van der Waals surface area (Å²) >= 11 is 1.47. The third kappa shape index (κ3) is 5.88. The number of nitrogens with zero attached hydrogens (tertiary/aromatic N) is 1. The summed E-state index contributed by atoms with van der Waals surface area (Å²) < 4.78 is 39.8. The Hall–Kier alpha value is -3.09. The van der Waals surface area contributed by atoms with Gasteiger partial charge in [0.05, 0.1) is 22.6 Å². The first kappa shape index (κ1) is 25.5. The molecule has 0 spiro atoms. The largest absolute Gasteiger partial charge is 0.462 e. The van der Waals surface area contributed by atoms with E-state index in [1.807, 2.05) is 6.26 Å². The Kier molecular flexibility index (Phi) is 8.18. The molecule has 0 fully saturated rings. The molecule has 0 aliphatic heterocycles. The highest BCUT2D eigenvalue weighted by atomic mass is 32.2. The molecule has 0 unspecified atom stereocenters. The second-order valence-corrected chi connectivity index (χ2v) is 10.0. The highest BCUT2D eigenvalue weighted by Crippen LogP contribution is 2.19. The van der Waals surface area contributed by atoms with Crippen molar-refractivity contribution in [2.45, 2.75) is 24.3 Å². The van der Waals surface area contributed by atoms with Crippen molar-refractivity contribution >= 4 is 50.4 Å². The smallest absolute Gasteiger partial charge is 0.419 e. The lowest BCUT2D eigenvalue weighted by molar-refractivity contribution is -0.117. The molecule has 2 aromatic carbocycles. The number of hydrogen-bond acceptors (Lipinski definition) is 8. The van der Waals surface area contributed by atoms with Gasteiger partial charge in [-0.25, -0.2) is 18.0 Å². The number of thioether (sulfide) groups is 1. The third-order valence-electron chi connectivity index (χ3n) is 4.94. The SMILES string of the molecule is CCOC(=O)c1cccc(NC(=O)[C@H](CCSC)NS(=O)(=O)c2ccc3c(c2)oc(=O)n3C)c1. The first-order valence-electron chi connectivity index (χ1n) is 10.3. The molecule has 0 bridgehead atoms. The molecule has 1 heterocycles. The number of aromatic nitrogens is 1. The minimum Gasteiger partial charge on any atom is -0.462 e. The molecule has 0 saturated carbocycles. The molecular weight excluding hydrogens is 482 g/mol. The maximum Gasteiger partial charge on any atom is 0.419 e. The van der Waals surface area contributed by atoms with E-state index in [2.05, 4.69) is 10.0 Å². The van der Waals surface area contributed by atoms with Gasteiger partial charge in [-0.1, -0.05) is 6.07 Å². The molecule has 0 aliphatic carbocycles. The third-order valence-corrected chi connectivity index (χ3v) is 7.05. The fourth-order valence-electron chi connectivity index (χ4n) is 3.18. The van der Waals surface area contributed by atoms with E-state index in [4.69, 9.17) is 9.15 Å². The molecule has 2 N–H and O–H groups in total. The molecule has 0 radical (unpaired) electrons. The van der Waals surface area contributed by atoms with Crippen LogP contribution in [0.15, 0.2) is 56.6 Å². The Morgan fingerprint density at radius 1 is 1.21 bits per heavy atom. The number of sulfonamides is 1. The molecule has 0 aliphatic rings. The maximum atomic E-state index is 13.0. The predicted molar refractivity (Wildman–Crippen MR) is 130 cm³/mol. The monoisotopic (exact) mass is 507 g/mol. The minimum absolute atomic E-state index is 0.122. The summed E-state index contributed by atoms with van der Waals surface area (Å²) in [6, 6.07) is 9.16. The number of anilines is 1. The standard InChI is InChI=1S/C22H25N3O7S2/c1-4-31-21(27)14-6-5-7-15(12-14)23-20(26)17(10-11-33-3)24-34(29,30)16-8-9-18-19(13-16)32-22(28)25(18)2/h5-9,12-13,17,24H,4,10-11H2,1-3H3,(H,23,26)/t17-/m0/s1. The van der Waals surface area contributed by atoms with Crippen molar-refractivity contribution < 1.29 is 27.2 Å². The van der Waals surface area contributed by atoms with Crippen molar-refractivity contribution in [2.24, 2.45) is 7.05 Å². The number of rotatable bonds is 10. The van der Waals surface area contributed by atoms with Crippen molar-refractivity contribution in [1.29, 1.82) is 0 Å². The van der Waals surface area contributed by atoms with Crippen molar-refractivity contribution in [1.82, 2.24) is 9.29 Å². The van der Waals surface area contributed by atoms with Crippen molar-refractivity contribution in [3.63, 3.8) is 0 Å². The van der Waals surface area contributed by atoms with Gasteiger partial charge in [-0.2, -0.15) is 16.5 Å². The van der Waals surface area contributed by atoms with Gasteiger partial charge in [0, 0.05) is 18.8 Å². The lowest BCUT2D eigenvalue weighted by Crippen LogP contribution is -2.44. The molecule has 3 aromatic rings. The van der Waals surface area contributed by atoms with Gasteiger partial charge < -0.3 is 14.5 Å². The van der Waals surface area contributed by atoms with Crippen LogP contribution in [-0.4, -0.2) is 49.5 Å². The fourth-order valence-corrected chi connectivity index (χ4v) is 4.90. The van der Waals surface area contributed by atoms with Crippen LogP contribution in [0.25, 0.3) is 11.1 Å². The summed E-state index contributed by atoms with van der Waals surface area (Å²) in [5, 5.41) is 2.66. The Labute approximate surface area is 200 Å². The Morgan fingerprint density at radius 2 is 1.97 bits per heavy atom. The van der Waals surface area contributed by atoms with Crippen LogP contribution in [-0.2, 0) is 26.6 Å². The highest BCUT2D eigenvalue weighted by Gasteiger charge is 2.26. The van der Waals surface area contributed by atoms with E-state index in [1.54, 1.807) is 25.1 Å².